The summed E-state index contributed by atoms with van der Waals surface area (Å²) in [6, 6.07) is 15.1. The van der Waals surface area contributed by atoms with Gasteiger partial charge in [-0.15, -0.1) is 0 Å². The second-order valence-electron chi connectivity index (χ2n) is 11.8. The predicted molar refractivity (Wildman–Crippen MR) is 172 cm³/mol. The van der Waals surface area contributed by atoms with Crippen LogP contribution in [0.3, 0.4) is 0 Å². The maximum absolute atomic E-state index is 13.9. The monoisotopic (exact) mass is 657 g/mol. The van der Waals surface area contributed by atoms with Crippen LogP contribution in [0.4, 0.5) is 4.39 Å². The summed E-state index contributed by atoms with van der Waals surface area (Å²) in [6.07, 6.45) is 2.57. The first kappa shape index (κ1) is 32.9. The fourth-order valence-electron chi connectivity index (χ4n) is 6.82. The van der Waals surface area contributed by atoms with Gasteiger partial charge in [-0.1, -0.05) is 41.4 Å². The first-order chi connectivity index (χ1) is 21.6. The van der Waals surface area contributed by atoms with Gasteiger partial charge in [-0.05, 0) is 92.8 Å². The van der Waals surface area contributed by atoms with Crippen LogP contribution in [0.1, 0.15) is 47.2 Å². The zero-order valence-corrected chi connectivity index (χ0v) is 27.2. The lowest BCUT2D eigenvalue weighted by Crippen LogP contribution is -2.50. The van der Waals surface area contributed by atoms with Gasteiger partial charge in [0.05, 0.1) is 36.8 Å². The Labute approximate surface area is 273 Å². The fraction of sp³-hybridized carbons (Fsp3) is 0.412. The van der Waals surface area contributed by atoms with Gasteiger partial charge in [-0.2, -0.15) is 0 Å². The van der Waals surface area contributed by atoms with Crippen molar-refractivity contribution in [2.24, 2.45) is 5.73 Å². The number of halogens is 3. The van der Waals surface area contributed by atoms with Crippen LogP contribution in [0.25, 0.3) is 0 Å². The van der Waals surface area contributed by atoms with Crippen molar-refractivity contribution >= 4 is 35.0 Å². The molecule has 0 aromatic heterocycles. The van der Waals surface area contributed by atoms with Crippen molar-refractivity contribution in [1.82, 2.24) is 9.80 Å². The van der Waals surface area contributed by atoms with E-state index < -0.39 is 11.3 Å². The Balaban J connectivity index is 1.36. The molecule has 11 heteroatoms. The molecule has 3 aromatic rings. The molecule has 45 heavy (non-hydrogen) atoms. The van der Waals surface area contributed by atoms with E-state index in [1.165, 1.54) is 33.5 Å². The molecule has 2 saturated heterocycles. The summed E-state index contributed by atoms with van der Waals surface area (Å²) >= 11 is 12.8. The number of primary amides is 1. The molecule has 240 valence electrons. The van der Waals surface area contributed by atoms with Gasteiger partial charge in [-0.3, -0.25) is 9.59 Å². The highest BCUT2D eigenvalue weighted by Crippen LogP contribution is 2.43. The molecule has 0 unspecified atom stereocenters. The van der Waals surface area contributed by atoms with E-state index >= 15 is 0 Å². The molecule has 3 aromatic carbocycles. The van der Waals surface area contributed by atoms with Crippen molar-refractivity contribution in [2.45, 2.75) is 36.5 Å². The summed E-state index contributed by atoms with van der Waals surface area (Å²) < 4.78 is 30.0. The summed E-state index contributed by atoms with van der Waals surface area (Å²) in [6.45, 7) is 3.09. The zero-order valence-electron chi connectivity index (χ0n) is 25.7. The molecule has 0 radical (unpaired) electrons. The third-order valence-corrected chi connectivity index (χ3v) is 10.3. The van der Waals surface area contributed by atoms with E-state index in [1.807, 2.05) is 17.0 Å². The molecular formula is C34H38Cl2FN3O5. The van der Waals surface area contributed by atoms with Crippen LogP contribution in [0.15, 0.2) is 54.6 Å². The Morgan fingerprint density at radius 1 is 0.844 bits per heavy atom. The third-order valence-electron chi connectivity index (χ3n) is 9.57. The van der Waals surface area contributed by atoms with Gasteiger partial charge in [0.15, 0.2) is 11.5 Å². The Bertz CT molecular complexity index is 1540. The molecule has 2 fully saturated rings. The van der Waals surface area contributed by atoms with Crippen molar-refractivity contribution in [3.8, 4) is 17.2 Å². The minimum atomic E-state index is -0.831. The number of ether oxygens (including phenoxy) is 3. The molecule has 2 aliphatic heterocycles. The maximum Gasteiger partial charge on any atom is 0.254 e. The van der Waals surface area contributed by atoms with Gasteiger partial charge < -0.3 is 29.7 Å². The Morgan fingerprint density at radius 3 is 2.02 bits per heavy atom. The van der Waals surface area contributed by atoms with Crippen LogP contribution in [-0.2, 0) is 15.6 Å². The SMILES string of the molecule is COc1cc(C(=O)N2CC[C@](CCN3CCC(C(N)=O)(c4ccc(F)cc4)CC3)(c3ccc(Cl)c(Cl)c3)C2)cc(OC)c1OC. The van der Waals surface area contributed by atoms with Gasteiger partial charge in [0.25, 0.3) is 5.91 Å². The average molecular weight is 659 g/mol. The summed E-state index contributed by atoms with van der Waals surface area (Å²) in [5.41, 5.74) is 6.93. The van der Waals surface area contributed by atoms with Crippen molar-refractivity contribution in [3.05, 3.63) is 87.2 Å². The number of nitrogens with two attached hydrogens (primary N) is 1. The topological polar surface area (TPSA) is 94.3 Å². The van der Waals surface area contributed by atoms with Gasteiger partial charge in [0.1, 0.15) is 5.82 Å². The number of carbonyl (C=O) groups is 2. The number of likely N-dealkylation sites (tertiary alicyclic amines) is 2. The molecule has 2 heterocycles. The molecule has 2 N–H and O–H groups in total. The maximum atomic E-state index is 13.9. The molecule has 5 rings (SSSR count). The van der Waals surface area contributed by atoms with Crippen LogP contribution in [0.2, 0.25) is 10.0 Å². The smallest absolute Gasteiger partial charge is 0.254 e. The van der Waals surface area contributed by atoms with Gasteiger partial charge >= 0.3 is 0 Å². The Kier molecular flexibility index (Phi) is 9.82. The summed E-state index contributed by atoms with van der Waals surface area (Å²) in [5, 5.41) is 0.935. The summed E-state index contributed by atoms with van der Waals surface area (Å²) in [7, 11) is 4.56. The average Bonchev–Trinajstić information content (AvgIpc) is 3.50. The van der Waals surface area contributed by atoms with E-state index in [9.17, 15) is 14.0 Å². The van der Waals surface area contributed by atoms with Crippen LogP contribution in [0, 0.1) is 5.82 Å². The van der Waals surface area contributed by atoms with Crippen molar-refractivity contribution in [1.29, 1.82) is 0 Å². The van der Waals surface area contributed by atoms with Crippen molar-refractivity contribution in [3.63, 3.8) is 0 Å². The lowest BCUT2D eigenvalue weighted by atomic mass is 9.71. The number of piperidine rings is 1. The number of rotatable bonds is 10. The highest BCUT2D eigenvalue weighted by Gasteiger charge is 2.44. The molecule has 2 aliphatic rings. The fourth-order valence-corrected chi connectivity index (χ4v) is 7.12. The molecule has 1 atom stereocenters. The van der Waals surface area contributed by atoms with Gasteiger partial charge in [0, 0.05) is 24.1 Å². The first-order valence-electron chi connectivity index (χ1n) is 14.9. The largest absolute Gasteiger partial charge is 0.493 e. The standard InChI is InChI=1S/C34H38Cl2FN3O5/c1-43-28-18-22(19-29(44-2)30(28)45-3)31(41)40-17-11-33(21-40,24-6-9-26(35)27(36)20-24)10-14-39-15-12-34(13-16-39,32(38)42)23-4-7-25(37)8-5-23/h4-9,18-20H,10-17,21H2,1-3H3,(H2,38,42)/t33-/m0/s1. The molecule has 2 amide bonds. The number of methoxy groups -OCH3 is 3. The number of nitrogens with zero attached hydrogens (tertiary/aromatic N) is 2. The summed E-state index contributed by atoms with van der Waals surface area (Å²) in [4.78, 5) is 30.7. The second kappa shape index (κ2) is 13.4. The number of amides is 2. The quantitative estimate of drug-likeness (QED) is 0.294. The highest BCUT2D eigenvalue weighted by molar-refractivity contribution is 6.42. The highest BCUT2D eigenvalue weighted by atomic mass is 35.5. The molecule has 0 saturated carbocycles. The summed E-state index contributed by atoms with van der Waals surface area (Å²) in [5.74, 6) is 0.362. The van der Waals surface area contributed by atoms with Gasteiger partial charge in [-0.25, -0.2) is 4.39 Å². The Morgan fingerprint density at radius 2 is 1.47 bits per heavy atom. The first-order valence-corrected chi connectivity index (χ1v) is 15.6. The number of hydrogen-bond acceptors (Lipinski definition) is 6. The van der Waals surface area contributed by atoms with Crippen LogP contribution < -0.4 is 19.9 Å². The van der Waals surface area contributed by atoms with Crippen LogP contribution in [-0.4, -0.2) is 75.7 Å². The van der Waals surface area contributed by atoms with E-state index in [-0.39, 0.29) is 17.1 Å². The minimum Gasteiger partial charge on any atom is -0.493 e. The Hall–Kier alpha value is -3.53. The molecule has 0 spiro atoms. The minimum absolute atomic E-state index is 0.139. The lowest BCUT2D eigenvalue weighted by Gasteiger charge is -2.41. The zero-order chi connectivity index (χ0) is 32.4. The molecule has 0 bridgehead atoms. The van der Waals surface area contributed by atoms with Crippen LogP contribution in [0.5, 0.6) is 17.2 Å². The normalized spacial score (nSPS) is 19.7. The van der Waals surface area contributed by atoms with E-state index in [4.69, 9.17) is 43.1 Å². The van der Waals surface area contributed by atoms with Crippen LogP contribution >= 0.6 is 23.2 Å². The van der Waals surface area contributed by atoms with Crippen molar-refractivity contribution in [2.75, 3.05) is 54.1 Å². The number of hydrogen-bond donors (Lipinski definition) is 1. The van der Waals surface area contributed by atoms with Gasteiger partial charge in [0.2, 0.25) is 11.7 Å². The van der Waals surface area contributed by atoms with E-state index in [0.29, 0.717) is 71.9 Å². The number of benzene rings is 3. The molecule has 8 nitrogen and oxygen atoms in total. The lowest BCUT2D eigenvalue weighted by molar-refractivity contribution is -0.125. The molecule has 0 aliphatic carbocycles. The number of carbonyl (C=O) groups excluding carboxylic acids is 2. The van der Waals surface area contributed by atoms with Crippen molar-refractivity contribution < 1.29 is 28.2 Å². The van der Waals surface area contributed by atoms with E-state index in [2.05, 4.69) is 4.90 Å². The third kappa shape index (κ3) is 6.44. The molecular weight excluding hydrogens is 620 g/mol. The predicted octanol–water partition coefficient (Wildman–Crippen LogP) is 5.85. The second-order valence-corrected chi connectivity index (χ2v) is 12.7. The van der Waals surface area contributed by atoms with E-state index in [0.717, 1.165) is 30.5 Å². The van der Waals surface area contributed by atoms with E-state index in [1.54, 1.807) is 30.3 Å².